The number of hydrogen-bond donors (Lipinski definition) is 2. The second kappa shape index (κ2) is 10.4. The van der Waals surface area contributed by atoms with E-state index in [0.717, 1.165) is 35.7 Å². The molecule has 2 aromatic heterocycles. The summed E-state index contributed by atoms with van der Waals surface area (Å²) >= 11 is 1.63. The lowest BCUT2D eigenvalue weighted by Gasteiger charge is -2.28. The summed E-state index contributed by atoms with van der Waals surface area (Å²) in [5.74, 6) is 0.738. The molecule has 1 amide bonds. The Bertz CT molecular complexity index is 716. The van der Waals surface area contributed by atoms with Crippen LogP contribution in [0.1, 0.15) is 37.1 Å². The average Bonchev–Trinajstić information content (AvgIpc) is 3.22. The molecule has 148 valence electrons. The minimum absolute atomic E-state index is 0. The largest absolute Gasteiger partial charge is 0.356 e. The first-order valence-electron chi connectivity index (χ1n) is 9.15. The van der Waals surface area contributed by atoms with E-state index in [0.29, 0.717) is 31.0 Å². The van der Waals surface area contributed by atoms with Crippen molar-refractivity contribution >= 4 is 42.1 Å². The van der Waals surface area contributed by atoms with Crippen LogP contribution < -0.4 is 10.6 Å². The highest BCUT2D eigenvalue weighted by Gasteiger charge is 2.34. The van der Waals surface area contributed by atoms with Gasteiger partial charge in [-0.25, -0.2) is 4.98 Å². The maximum Gasteiger partial charge on any atom is 0.220 e. The summed E-state index contributed by atoms with van der Waals surface area (Å²) in [6, 6.07) is 7.13. The second-order valence-electron chi connectivity index (χ2n) is 7.12. The number of halogens is 2. The summed E-state index contributed by atoms with van der Waals surface area (Å²) in [4.78, 5) is 21.1. The molecule has 5 nitrogen and oxygen atoms in total. The molecule has 2 atom stereocenters. The summed E-state index contributed by atoms with van der Waals surface area (Å²) in [6.07, 6.45) is 8.11. The molecular formula is C19H26Cl2N4OS. The van der Waals surface area contributed by atoms with Gasteiger partial charge in [-0.2, -0.15) is 0 Å². The van der Waals surface area contributed by atoms with Crippen molar-refractivity contribution in [2.24, 2.45) is 5.92 Å². The molecule has 2 bridgehead atoms. The van der Waals surface area contributed by atoms with Crippen LogP contribution in [0.2, 0.25) is 0 Å². The fraction of sp³-hybridized carbons (Fsp3) is 0.526. The molecule has 8 heteroatoms. The van der Waals surface area contributed by atoms with Gasteiger partial charge in [0.15, 0.2) is 0 Å². The van der Waals surface area contributed by atoms with Crippen LogP contribution in [0.3, 0.4) is 0 Å². The van der Waals surface area contributed by atoms with Crippen molar-refractivity contribution in [1.29, 1.82) is 0 Å². The highest BCUT2D eigenvalue weighted by Crippen LogP contribution is 2.32. The third-order valence-electron chi connectivity index (χ3n) is 5.18. The molecule has 2 saturated heterocycles. The topological polar surface area (TPSA) is 66.9 Å². The maximum absolute atomic E-state index is 12.2. The summed E-state index contributed by atoms with van der Waals surface area (Å²) in [5.41, 5.74) is 1.81. The first-order chi connectivity index (χ1) is 12.3. The van der Waals surface area contributed by atoms with E-state index < -0.39 is 0 Å². The normalized spacial score (nSPS) is 23.2. The summed E-state index contributed by atoms with van der Waals surface area (Å²) in [7, 11) is 0. The van der Waals surface area contributed by atoms with E-state index in [9.17, 15) is 4.79 Å². The van der Waals surface area contributed by atoms with Crippen LogP contribution in [0.5, 0.6) is 0 Å². The third kappa shape index (κ3) is 5.88. The summed E-state index contributed by atoms with van der Waals surface area (Å²) in [6.45, 7) is 0.659. The maximum atomic E-state index is 12.2. The molecule has 27 heavy (non-hydrogen) atoms. The Morgan fingerprint density at radius 2 is 1.96 bits per heavy atom. The average molecular weight is 429 g/mol. The highest BCUT2D eigenvalue weighted by molar-refractivity contribution is 7.09. The number of aromatic nitrogens is 2. The molecular weight excluding hydrogens is 403 g/mol. The predicted molar refractivity (Wildman–Crippen MR) is 114 cm³/mol. The number of pyridine rings is 1. The van der Waals surface area contributed by atoms with Crippen molar-refractivity contribution in [3.05, 3.63) is 34.8 Å². The number of nitrogens with one attached hydrogen (secondary N) is 2. The van der Waals surface area contributed by atoms with E-state index in [2.05, 4.69) is 20.6 Å². The molecule has 2 aliphatic heterocycles. The lowest BCUT2D eigenvalue weighted by atomic mass is 9.89. The minimum Gasteiger partial charge on any atom is -0.356 e. The van der Waals surface area contributed by atoms with Crippen LogP contribution >= 0.6 is 36.2 Å². The number of fused-ring (bicyclic) bond motifs is 2. The summed E-state index contributed by atoms with van der Waals surface area (Å²) < 4.78 is 0. The zero-order valence-corrected chi connectivity index (χ0v) is 17.5. The number of piperidine rings is 1. The number of thiazole rings is 1. The number of carbonyl (C=O) groups excluding carboxylic acids is 1. The molecule has 2 aliphatic rings. The van der Waals surface area contributed by atoms with Gasteiger partial charge >= 0.3 is 0 Å². The Morgan fingerprint density at radius 3 is 2.67 bits per heavy atom. The predicted octanol–water partition coefficient (Wildman–Crippen LogP) is 3.63. The molecule has 2 aromatic rings. The van der Waals surface area contributed by atoms with E-state index in [1.165, 1.54) is 12.8 Å². The fourth-order valence-electron chi connectivity index (χ4n) is 4.04. The minimum atomic E-state index is 0. The van der Waals surface area contributed by atoms with Crippen LogP contribution in [0.4, 0.5) is 0 Å². The third-order valence-corrected chi connectivity index (χ3v) is 6.09. The Morgan fingerprint density at radius 1 is 1.19 bits per heavy atom. The first kappa shape index (κ1) is 22.1. The molecule has 2 N–H and O–H groups in total. The SMILES string of the molecule is Cl.Cl.O=C(CC1CC2CCC(C1)N2)NCCc1nc(-c2ccccn2)cs1. The van der Waals surface area contributed by atoms with Gasteiger partial charge < -0.3 is 10.6 Å². The smallest absolute Gasteiger partial charge is 0.220 e. The molecule has 0 spiro atoms. The van der Waals surface area contributed by atoms with Crippen LogP contribution in [0.15, 0.2) is 29.8 Å². The van der Waals surface area contributed by atoms with Crippen LogP contribution in [0, 0.1) is 5.92 Å². The Hall–Kier alpha value is -1.21. The molecule has 0 aliphatic carbocycles. The number of nitrogens with zero attached hydrogens (tertiary/aromatic N) is 2. The van der Waals surface area contributed by atoms with Crippen molar-refractivity contribution in [2.45, 2.75) is 50.6 Å². The Labute approximate surface area is 176 Å². The van der Waals surface area contributed by atoms with Gasteiger partial charge in [-0.15, -0.1) is 36.2 Å². The first-order valence-corrected chi connectivity index (χ1v) is 10.0. The second-order valence-corrected chi connectivity index (χ2v) is 8.06. The Balaban J connectivity index is 0.00000131. The van der Waals surface area contributed by atoms with Crippen LogP contribution in [0.25, 0.3) is 11.4 Å². The zero-order valence-electron chi connectivity index (χ0n) is 15.1. The molecule has 2 fully saturated rings. The van der Waals surface area contributed by atoms with E-state index in [1.807, 2.05) is 23.6 Å². The number of rotatable bonds is 6. The van der Waals surface area contributed by atoms with E-state index >= 15 is 0 Å². The monoisotopic (exact) mass is 428 g/mol. The van der Waals surface area contributed by atoms with Crippen molar-refractivity contribution in [2.75, 3.05) is 6.54 Å². The van der Waals surface area contributed by atoms with Gasteiger partial charge in [0, 0.05) is 43.0 Å². The fourth-order valence-corrected chi connectivity index (χ4v) is 4.83. The van der Waals surface area contributed by atoms with Crippen LogP contribution in [-0.4, -0.2) is 34.5 Å². The van der Waals surface area contributed by atoms with Gasteiger partial charge in [0.05, 0.1) is 16.4 Å². The Kier molecular flexibility index (Phi) is 8.48. The van der Waals surface area contributed by atoms with E-state index in [4.69, 9.17) is 0 Å². The van der Waals surface area contributed by atoms with Crippen molar-refractivity contribution in [3.63, 3.8) is 0 Å². The molecule has 0 aromatic carbocycles. The number of carbonyl (C=O) groups is 1. The lowest BCUT2D eigenvalue weighted by molar-refractivity contribution is -0.122. The van der Waals surface area contributed by atoms with Gasteiger partial charge in [-0.1, -0.05) is 6.07 Å². The van der Waals surface area contributed by atoms with Gasteiger partial charge in [0.1, 0.15) is 0 Å². The molecule has 4 heterocycles. The number of hydrogen-bond acceptors (Lipinski definition) is 5. The van der Waals surface area contributed by atoms with Crippen molar-refractivity contribution in [3.8, 4) is 11.4 Å². The van der Waals surface area contributed by atoms with Gasteiger partial charge in [-0.05, 0) is 43.7 Å². The standard InChI is InChI=1S/C19H24N4OS.2ClH/c24-18(11-13-9-14-4-5-15(10-13)22-14)21-8-6-19-23-17(12-25-19)16-3-1-2-7-20-16;;/h1-3,7,12-15,22H,4-6,8-11H2,(H,21,24);2*1H. The van der Waals surface area contributed by atoms with Gasteiger partial charge in [0.2, 0.25) is 5.91 Å². The highest BCUT2D eigenvalue weighted by atomic mass is 35.5. The van der Waals surface area contributed by atoms with Crippen molar-refractivity contribution < 1.29 is 4.79 Å². The van der Waals surface area contributed by atoms with E-state index in [1.54, 1.807) is 17.5 Å². The number of amides is 1. The van der Waals surface area contributed by atoms with Gasteiger partial charge in [0.25, 0.3) is 0 Å². The molecule has 0 radical (unpaired) electrons. The molecule has 0 saturated carbocycles. The van der Waals surface area contributed by atoms with Crippen LogP contribution in [-0.2, 0) is 11.2 Å². The summed E-state index contributed by atoms with van der Waals surface area (Å²) in [5, 5.41) is 9.77. The molecule has 4 rings (SSSR count). The quantitative estimate of drug-likeness (QED) is 0.736. The lowest BCUT2D eigenvalue weighted by Crippen LogP contribution is -2.39. The van der Waals surface area contributed by atoms with Crippen molar-refractivity contribution in [1.82, 2.24) is 20.6 Å². The zero-order chi connectivity index (χ0) is 17.1. The van der Waals surface area contributed by atoms with E-state index in [-0.39, 0.29) is 30.7 Å². The molecule has 2 unspecified atom stereocenters. The van der Waals surface area contributed by atoms with Gasteiger partial charge in [-0.3, -0.25) is 9.78 Å².